The summed E-state index contributed by atoms with van der Waals surface area (Å²) in [6.45, 7) is 0.636. The molecule has 0 saturated carbocycles. The average Bonchev–Trinajstić information content (AvgIpc) is 2.37. The van der Waals surface area contributed by atoms with Gasteiger partial charge in [-0.15, -0.1) is 0 Å². The molecule has 100 valence electrons. The summed E-state index contributed by atoms with van der Waals surface area (Å²) in [6.07, 6.45) is 0.915. The number of nitrogens with zero attached hydrogens (tertiary/aromatic N) is 1. The zero-order valence-corrected chi connectivity index (χ0v) is 11.6. The molecular weight excluding hydrogens is 312 g/mol. The van der Waals surface area contributed by atoms with E-state index >= 15 is 0 Å². The van der Waals surface area contributed by atoms with Crippen LogP contribution in [0.4, 0.5) is 16.2 Å². The van der Waals surface area contributed by atoms with Gasteiger partial charge >= 0.3 is 6.09 Å². The quantitative estimate of drug-likeness (QED) is 0.590. The van der Waals surface area contributed by atoms with Crippen molar-refractivity contribution in [3.63, 3.8) is 0 Å². The van der Waals surface area contributed by atoms with Gasteiger partial charge in [-0.2, -0.15) is 0 Å². The lowest BCUT2D eigenvalue weighted by Gasteiger charge is -2.10. The third-order valence-electron chi connectivity index (χ3n) is 2.51. The Balaban J connectivity index is 2.19. The van der Waals surface area contributed by atoms with Gasteiger partial charge in [-0.05, 0) is 34.1 Å². The van der Waals surface area contributed by atoms with E-state index in [1.165, 1.54) is 0 Å². The highest BCUT2D eigenvalue weighted by Crippen LogP contribution is 2.28. The van der Waals surface area contributed by atoms with Crippen molar-refractivity contribution in [2.45, 2.75) is 0 Å². The van der Waals surface area contributed by atoms with E-state index in [0.29, 0.717) is 12.2 Å². The highest BCUT2D eigenvalue weighted by atomic mass is 79.9. The first-order chi connectivity index (χ1) is 9.08. The molecule has 2 aromatic rings. The Morgan fingerprint density at radius 2 is 2.26 bits per heavy atom. The van der Waals surface area contributed by atoms with Crippen LogP contribution in [0, 0.1) is 0 Å². The van der Waals surface area contributed by atoms with Gasteiger partial charge in [0.1, 0.15) is 6.61 Å². The second-order valence-electron chi connectivity index (χ2n) is 3.85. The molecule has 2 rings (SSSR count). The van der Waals surface area contributed by atoms with Crippen LogP contribution in [0.3, 0.4) is 0 Å². The molecule has 0 bridgehead atoms. The van der Waals surface area contributed by atoms with Crippen molar-refractivity contribution in [2.24, 2.45) is 5.73 Å². The number of nitrogen functional groups attached to an aromatic ring is 1. The van der Waals surface area contributed by atoms with E-state index in [9.17, 15) is 4.79 Å². The number of carbonyl (C=O) groups is 1. The Morgan fingerprint density at radius 1 is 1.47 bits per heavy atom. The second-order valence-corrected chi connectivity index (χ2v) is 4.76. The normalized spacial score (nSPS) is 10.4. The number of pyridine rings is 1. The van der Waals surface area contributed by atoms with Gasteiger partial charge < -0.3 is 21.5 Å². The SMILES string of the molecule is NC(=O)OCCNc1ccc(N)c2cc(Br)cnc12. The lowest BCUT2D eigenvalue weighted by molar-refractivity contribution is 0.161. The van der Waals surface area contributed by atoms with Crippen molar-refractivity contribution < 1.29 is 9.53 Å². The summed E-state index contributed by atoms with van der Waals surface area (Å²) >= 11 is 3.36. The molecule has 0 radical (unpaired) electrons. The Bertz CT molecular complexity index is 618. The molecule has 0 saturated heterocycles. The zero-order chi connectivity index (χ0) is 13.8. The molecule has 6 nitrogen and oxygen atoms in total. The van der Waals surface area contributed by atoms with Crippen molar-refractivity contribution in [2.75, 3.05) is 24.2 Å². The number of carbonyl (C=O) groups excluding carboxylic acids is 1. The van der Waals surface area contributed by atoms with Crippen LogP contribution in [0.2, 0.25) is 0 Å². The standard InChI is InChI=1S/C12H13BrN4O2/c13-7-5-8-9(14)1-2-10(11(8)17-6-7)16-3-4-19-12(15)18/h1-2,5-6,16H,3-4,14H2,(H2,15,18). The molecular formula is C12H13BrN4O2. The summed E-state index contributed by atoms with van der Waals surface area (Å²) < 4.78 is 5.50. The summed E-state index contributed by atoms with van der Waals surface area (Å²) in [6, 6.07) is 5.54. The molecule has 0 unspecified atom stereocenters. The lowest BCUT2D eigenvalue weighted by Crippen LogP contribution is -2.18. The molecule has 1 aromatic carbocycles. The number of hydrogen-bond donors (Lipinski definition) is 3. The van der Waals surface area contributed by atoms with Crippen molar-refractivity contribution in [3.8, 4) is 0 Å². The number of nitrogens with two attached hydrogens (primary N) is 2. The predicted octanol–water partition coefficient (Wildman–Crippen LogP) is 2.09. The van der Waals surface area contributed by atoms with Crippen LogP contribution in [-0.4, -0.2) is 24.2 Å². The van der Waals surface area contributed by atoms with E-state index < -0.39 is 6.09 Å². The van der Waals surface area contributed by atoms with E-state index in [2.05, 4.69) is 31.0 Å². The van der Waals surface area contributed by atoms with Gasteiger partial charge in [0.2, 0.25) is 0 Å². The number of nitrogens with one attached hydrogen (secondary N) is 1. The molecule has 7 heteroatoms. The van der Waals surface area contributed by atoms with Crippen LogP contribution in [-0.2, 0) is 4.74 Å². The Kier molecular flexibility index (Phi) is 4.06. The topological polar surface area (TPSA) is 103 Å². The number of benzene rings is 1. The smallest absolute Gasteiger partial charge is 0.404 e. The monoisotopic (exact) mass is 324 g/mol. The van der Waals surface area contributed by atoms with Crippen molar-refractivity contribution >= 4 is 44.3 Å². The van der Waals surface area contributed by atoms with Gasteiger partial charge in [-0.1, -0.05) is 0 Å². The van der Waals surface area contributed by atoms with Gasteiger partial charge in [0.15, 0.2) is 0 Å². The fourth-order valence-electron chi connectivity index (χ4n) is 1.70. The summed E-state index contributed by atoms with van der Waals surface area (Å²) in [5, 5.41) is 3.98. The van der Waals surface area contributed by atoms with Gasteiger partial charge in [0.25, 0.3) is 0 Å². The Hall–Kier alpha value is -2.02. The average molecular weight is 325 g/mol. The number of aromatic nitrogens is 1. The highest BCUT2D eigenvalue weighted by molar-refractivity contribution is 9.10. The third-order valence-corrected chi connectivity index (χ3v) is 2.95. The second kappa shape index (κ2) is 5.75. The Labute approximate surface area is 118 Å². The molecule has 0 fully saturated rings. The number of ether oxygens (including phenoxy) is 1. The largest absolute Gasteiger partial charge is 0.448 e. The summed E-state index contributed by atoms with van der Waals surface area (Å²) in [7, 11) is 0. The number of primary amides is 1. The third kappa shape index (κ3) is 3.25. The minimum Gasteiger partial charge on any atom is -0.448 e. The van der Waals surface area contributed by atoms with Crippen LogP contribution in [0.15, 0.2) is 28.9 Å². The van der Waals surface area contributed by atoms with Gasteiger partial charge in [-0.3, -0.25) is 4.98 Å². The van der Waals surface area contributed by atoms with Gasteiger partial charge in [0.05, 0.1) is 11.2 Å². The molecule has 1 heterocycles. The summed E-state index contributed by atoms with van der Waals surface area (Å²) in [4.78, 5) is 14.8. The molecule has 0 aliphatic carbocycles. The van der Waals surface area contributed by atoms with E-state index in [-0.39, 0.29) is 6.61 Å². The van der Waals surface area contributed by atoms with E-state index in [0.717, 1.165) is 21.1 Å². The molecule has 19 heavy (non-hydrogen) atoms. The number of fused-ring (bicyclic) bond motifs is 1. The lowest BCUT2D eigenvalue weighted by atomic mass is 10.1. The van der Waals surface area contributed by atoms with Crippen molar-refractivity contribution in [1.82, 2.24) is 4.98 Å². The van der Waals surface area contributed by atoms with Crippen LogP contribution < -0.4 is 16.8 Å². The maximum absolute atomic E-state index is 10.4. The Morgan fingerprint density at radius 3 is 3.00 bits per heavy atom. The van der Waals surface area contributed by atoms with Crippen LogP contribution >= 0.6 is 15.9 Å². The van der Waals surface area contributed by atoms with Gasteiger partial charge in [-0.25, -0.2) is 4.79 Å². The first-order valence-corrected chi connectivity index (χ1v) is 6.37. The maximum Gasteiger partial charge on any atom is 0.404 e. The van der Waals surface area contributed by atoms with Crippen LogP contribution in [0.5, 0.6) is 0 Å². The highest BCUT2D eigenvalue weighted by Gasteiger charge is 2.06. The fourth-order valence-corrected chi connectivity index (χ4v) is 2.03. The number of halogens is 1. The first-order valence-electron chi connectivity index (χ1n) is 5.58. The minimum atomic E-state index is -0.786. The maximum atomic E-state index is 10.4. The fraction of sp³-hybridized carbons (Fsp3) is 0.167. The number of amides is 1. The van der Waals surface area contributed by atoms with Crippen LogP contribution in [0.25, 0.3) is 10.9 Å². The first kappa shape index (κ1) is 13.4. The molecule has 0 spiro atoms. The molecule has 1 aromatic heterocycles. The molecule has 5 N–H and O–H groups in total. The van der Waals surface area contributed by atoms with Gasteiger partial charge in [0, 0.05) is 28.3 Å². The van der Waals surface area contributed by atoms with E-state index in [1.807, 2.05) is 12.1 Å². The molecule has 1 amide bonds. The molecule has 0 atom stereocenters. The van der Waals surface area contributed by atoms with Crippen molar-refractivity contribution in [3.05, 3.63) is 28.9 Å². The predicted molar refractivity (Wildman–Crippen MR) is 77.9 cm³/mol. The van der Waals surface area contributed by atoms with Crippen molar-refractivity contribution in [1.29, 1.82) is 0 Å². The number of rotatable bonds is 4. The number of anilines is 2. The summed E-state index contributed by atoms with van der Waals surface area (Å²) in [5.41, 5.74) is 13.0. The number of hydrogen-bond acceptors (Lipinski definition) is 5. The summed E-state index contributed by atoms with van der Waals surface area (Å²) in [5.74, 6) is 0. The van der Waals surface area contributed by atoms with E-state index in [4.69, 9.17) is 11.5 Å². The molecule has 0 aliphatic heterocycles. The van der Waals surface area contributed by atoms with E-state index in [1.54, 1.807) is 12.3 Å². The minimum absolute atomic E-state index is 0.192. The zero-order valence-electron chi connectivity index (χ0n) is 10.0. The van der Waals surface area contributed by atoms with Crippen LogP contribution in [0.1, 0.15) is 0 Å². The molecule has 0 aliphatic rings.